The minimum atomic E-state index is 0.292. The van der Waals surface area contributed by atoms with E-state index in [4.69, 9.17) is 14.5 Å². The van der Waals surface area contributed by atoms with Gasteiger partial charge in [-0.1, -0.05) is 60.2 Å². The zero-order chi connectivity index (χ0) is 21.0. The van der Waals surface area contributed by atoms with Gasteiger partial charge in [0.05, 0.1) is 12.1 Å². The van der Waals surface area contributed by atoms with Crippen LogP contribution >= 0.6 is 0 Å². The Balaban J connectivity index is 1.28. The van der Waals surface area contributed by atoms with E-state index in [9.17, 15) is 0 Å². The van der Waals surface area contributed by atoms with Crippen LogP contribution in [0.4, 0.5) is 0 Å². The fraction of sp³-hybridized carbons (Fsp3) is 0.296. The van der Waals surface area contributed by atoms with Gasteiger partial charge in [0.15, 0.2) is 11.5 Å². The maximum Gasteiger partial charge on any atom is 0.231 e. The molecule has 0 aliphatic carbocycles. The molecule has 0 saturated carbocycles. The summed E-state index contributed by atoms with van der Waals surface area (Å²) in [6.07, 6.45) is 4.12. The van der Waals surface area contributed by atoms with Gasteiger partial charge in [-0.3, -0.25) is 9.89 Å². The van der Waals surface area contributed by atoms with Gasteiger partial charge in [-0.05, 0) is 54.7 Å². The first-order valence-electron chi connectivity index (χ1n) is 11.0. The number of aliphatic imine (C=N–C) groups is 1. The average molecular weight is 413 g/mol. The molecule has 0 N–H and O–H groups in total. The van der Waals surface area contributed by atoms with Crippen molar-refractivity contribution in [2.45, 2.75) is 31.8 Å². The zero-order valence-corrected chi connectivity index (χ0v) is 17.9. The van der Waals surface area contributed by atoms with Gasteiger partial charge in [0.25, 0.3) is 0 Å². The topological polar surface area (TPSA) is 34.1 Å². The number of hydrogen-bond acceptors (Lipinski definition) is 4. The van der Waals surface area contributed by atoms with Gasteiger partial charge in [-0.2, -0.15) is 0 Å². The third-order valence-corrected chi connectivity index (χ3v) is 6.17. The third kappa shape index (κ3) is 4.49. The Morgan fingerprint density at radius 3 is 2.45 bits per heavy atom. The summed E-state index contributed by atoms with van der Waals surface area (Å²) in [6.45, 7) is 4.55. The van der Waals surface area contributed by atoms with E-state index in [0.717, 1.165) is 43.0 Å². The van der Waals surface area contributed by atoms with Crippen molar-refractivity contribution >= 4 is 6.21 Å². The largest absolute Gasteiger partial charge is 0.454 e. The van der Waals surface area contributed by atoms with E-state index < -0.39 is 0 Å². The minimum Gasteiger partial charge on any atom is -0.454 e. The number of aryl methyl sites for hydroxylation is 1. The molecule has 1 unspecified atom stereocenters. The van der Waals surface area contributed by atoms with Crippen LogP contribution in [0.5, 0.6) is 11.5 Å². The predicted octanol–water partition coefficient (Wildman–Crippen LogP) is 5.40. The summed E-state index contributed by atoms with van der Waals surface area (Å²) in [5, 5.41) is 0. The van der Waals surface area contributed by atoms with E-state index in [1.807, 2.05) is 24.4 Å². The van der Waals surface area contributed by atoms with E-state index in [1.165, 1.54) is 16.7 Å². The Morgan fingerprint density at radius 2 is 1.65 bits per heavy atom. The van der Waals surface area contributed by atoms with Crippen LogP contribution in [0, 0.1) is 6.92 Å². The lowest BCUT2D eigenvalue weighted by molar-refractivity contribution is 0.174. The van der Waals surface area contributed by atoms with Gasteiger partial charge >= 0.3 is 0 Å². The second-order valence-corrected chi connectivity index (χ2v) is 8.39. The number of piperidine rings is 1. The number of ether oxygens (including phenoxy) is 2. The monoisotopic (exact) mass is 412 g/mol. The standard InChI is InChI=1S/C27H28N2O2/c1-20-6-5-9-23(16-20)27(22-7-3-2-4-8-22)29-14-12-24(13-15-29)28-18-21-10-11-25-26(17-21)31-19-30-25/h2-11,16-18,24,27H,12-15,19H2,1H3/b28-18-. The number of fused-ring (bicyclic) bond motifs is 1. The molecule has 31 heavy (non-hydrogen) atoms. The Bertz CT molecular complexity index is 1060. The van der Waals surface area contributed by atoms with Crippen molar-refractivity contribution in [2.75, 3.05) is 19.9 Å². The van der Waals surface area contributed by atoms with Crippen LogP contribution in [0.25, 0.3) is 0 Å². The predicted molar refractivity (Wildman–Crippen MR) is 124 cm³/mol. The minimum absolute atomic E-state index is 0.292. The summed E-state index contributed by atoms with van der Waals surface area (Å²) in [6, 6.07) is 26.4. The van der Waals surface area contributed by atoms with E-state index in [1.54, 1.807) is 0 Å². The molecular formula is C27H28N2O2. The van der Waals surface area contributed by atoms with Crippen LogP contribution in [-0.4, -0.2) is 37.0 Å². The van der Waals surface area contributed by atoms with E-state index in [-0.39, 0.29) is 0 Å². The van der Waals surface area contributed by atoms with Gasteiger partial charge in [0.2, 0.25) is 6.79 Å². The molecule has 0 amide bonds. The van der Waals surface area contributed by atoms with E-state index >= 15 is 0 Å². The van der Waals surface area contributed by atoms with Crippen LogP contribution in [-0.2, 0) is 0 Å². The highest BCUT2D eigenvalue weighted by atomic mass is 16.7. The first-order chi connectivity index (χ1) is 15.3. The van der Waals surface area contributed by atoms with Crippen LogP contribution in [0.2, 0.25) is 0 Å². The van der Waals surface area contributed by atoms with Crippen molar-refractivity contribution in [3.63, 3.8) is 0 Å². The lowest BCUT2D eigenvalue weighted by Crippen LogP contribution is -2.38. The van der Waals surface area contributed by atoms with Crippen LogP contribution in [0.15, 0.2) is 77.8 Å². The fourth-order valence-electron chi connectivity index (χ4n) is 4.57. The Morgan fingerprint density at radius 1 is 0.871 bits per heavy atom. The van der Waals surface area contributed by atoms with Gasteiger partial charge in [0.1, 0.15) is 0 Å². The van der Waals surface area contributed by atoms with Gasteiger partial charge in [0, 0.05) is 19.3 Å². The van der Waals surface area contributed by atoms with Crippen molar-refractivity contribution < 1.29 is 9.47 Å². The molecule has 1 saturated heterocycles. The molecule has 2 aliphatic rings. The summed E-state index contributed by atoms with van der Waals surface area (Å²) < 4.78 is 10.9. The first kappa shape index (κ1) is 19.8. The Labute approximate surface area is 184 Å². The number of benzene rings is 3. The van der Waals surface area contributed by atoms with Crippen molar-refractivity contribution in [1.82, 2.24) is 4.90 Å². The molecule has 0 bridgehead atoms. The lowest BCUT2D eigenvalue weighted by Gasteiger charge is -2.37. The highest BCUT2D eigenvalue weighted by Crippen LogP contribution is 2.33. The Hall–Kier alpha value is -3.11. The molecule has 4 nitrogen and oxygen atoms in total. The first-order valence-corrected chi connectivity index (χ1v) is 11.0. The maximum atomic E-state index is 5.47. The summed E-state index contributed by atoms with van der Waals surface area (Å²) in [7, 11) is 0. The quantitative estimate of drug-likeness (QED) is 0.527. The molecule has 158 valence electrons. The maximum absolute atomic E-state index is 5.47. The second kappa shape index (κ2) is 8.94. The van der Waals surface area contributed by atoms with Gasteiger partial charge in [-0.15, -0.1) is 0 Å². The molecule has 0 spiro atoms. The van der Waals surface area contributed by atoms with Gasteiger partial charge < -0.3 is 9.47 Å². The van der Waals surface area contributed by atoms with Crippen molar-refractivity contribution in [3.05, 3.63) is 95.1 Å². The molecule has 1 fully saturated rings. The summed E-state index contributed by atoms with van der Waals surface area (Å²) >= 11 is 0. The third-order valence-electron chi connectivity index (χ3n) is 6.17. The molecule has 0 radical (unpaired) electrons. The average Bonchev–Trinajstić information content (AvgIpc) is 3.28. The molecule has 4 heteroatoms. The molecule has 1 atom stereocenters. The second-order valence-electron chi connectivity index (χ2n) is 8.39. The number of hydrogen-bond donors (Lipinski definition) is 0. The molecule has 0 aromatic heterocycles. The Kier molecular flexibility index (Phi) is 5.72. The number of rotatable bonds is 5. The summed E-state index contributed by atoms with van der Waals surface area (Å²) in [5.41, 5.74) is 5.10. The number of nitrogens with zero attached hydrogens (tertiary/aromatic N) is 2. The highest BCUT2D eigenvalue weighted by Gasteiger charge is 2.27. The molecular weight excluding hydrogens is 384 g/mol. The lowest BCUT2D eigenvalue weighted by atomic mass is 9.93. The van der Waals surface area contributed by atoms with Crippen molar-refractivity contribution in [1.29, 1.82) is 0 Å². The summed E-state index contributed by atoms with van der Waals surface area (Å²) in [4.78, 5) is 7.49. The smallest absolute Gasteiger partial charge is 0.231 e. The molecule has 3 aromatic carbocycles. The molecule has 5 rings (SSSR count). The van der Waals surface area contributed by atoms with Gasteiger partial charge in [-0.25, -0.2) is 0 Å². The summed E-state index contributed by atoms with van der Waals surface area (Å²) in [5.74, 6) is 1.62. The van der Waals surface area contributed by atoms with E-state index in [2.05, 4.69) is 66.4 Å². The normalized spacial score (nSPS) is 17.8. The zero-order valence-electron chi connectivity index (χ0n) is 17.9. The van der Waals surface area contributed by atoms with Crippen molar-refractivity contribution in [2.24, 2.45) is 4.99 Å². The molecule has 3 aromatic rings. The fourth-order valence-corrected chi connectivity index (χ4v) is 4.57. The van der Waals surface area contributed by atoms with E-state index in [0.29, 0.717) is 18.9 Å². The van der Waals surface area contributed by atoms with Crippen LogP contribution < -0.4 is 9.47 Å². The molecule has 2 heterocycles. The van der Waals surface area contributed by atoms with Crippen LogP contribution in [0.1, 0.15) is 41.1 Å². The van der Waals surface area contributed by atoms with Crippen molar-refractivity contribution in [3.8, 4) is 11.5 Å². The number of likely N-dealkylation sites (tertiary alicyclic amines) is 1. The SMILES string of the molecule is Cc1cccc(C(c2ccccc2)N2CCC(/N=C\c3ccc4c(c3)OCO4)CC2)c1. The van der Waals surface area contributed by atoms with Crippen LogP contribution in [0.3, 0.4) is 0 Å². The molecule has 2 aliphatic heterocycles. The highest BCUT2D eigenvalue weighted by molar-refractivity contribution is 5.81.